The summed E-state index contributed by atoms with van der Waals surface area (Å²) in [5.41, 5.74) is 8.85. The summed E-state index contributed by atoms with van der Waals surface area (Å²) in [6, 6.07) is 8.30. The molecule has 0 amide bonds. The maximum Gasteiger partial charge on any atom is 0.341 e. The molecule has 0 bridgehead atoms. The van der Waals surface area contributed by atoms with Gasteiger partial charge in [-0.05, 0) is 63.3 Å². The number of hydrogen-bond donors (Lipinski definition) is 3. The minimum absolute atomic E-state index is 0.107. The van der Waals surface area contributed by atoms with Crippen molar-refractivity contribution >= 4 is 39.1 Å². The number of rotatable bonds is 6. The van der Waals surface area contributed by atoms with Gasteiger partial charge in [-0.25, -0.2) is 9.18 Å². The maximum absolute atomic E-state index is 15.7. The first kappa shape index (κ1) is 25.2. The summed E-state index contributed by atoms with van der Waals surface area (Å²) in [4.78, 5) is 29.7. The number of anilines is 2. The van der Waals surface area contributed by atoms with Crippen LogP contribution in [0.25, 0.3) is 21.8 Å². The smallest absolute Gasteiger partial charge is 0.341 e. The number of ether oxygens (including phenoxy) is 1. The van der Waals surface area contributed by atoms with Crippen LogP contribution >= 0.6 is 0 Å². The van der Waals surface area contributed by atoms with E-state index >= 15 is 4.39 Å². The summed E-state index contributed by atoms with van der Waals surface area (Å²) in [5, 5.41) is 13.9. The highest BCUT2D eigenvalue weighted by Crippen LogP contribution is 2.48. The Balaban J connectivity index is 1.37. The molecule has 3 heterocycles. The molecule has 9 heteroatoms. The zero-order chi connectivity index (χ0) is 27.5. The van der Waals surface area contributed by atoms with Crippen LogP contribution in [-0.4, -0.2) is 33.8 Å². The van der Waals surface area contributed by atoms with Gasteiger partial charge >= 0.3 is 5.97 Å². The van der Waals surface area contributed by atoms with Crippen LogP contribution in [0.1, 0.15) is 59.3 Å². The Morgan fingerprint density at radius 1 is 1.26 bits per heavy atom. The van der Waals surface area contributed by atoms with Crippen molar-refractivity contribution < 1.29 is 19.0 Å². The number of pyridine rings is 2. The summed E-state index contributed by atoms with van der Waals surface area (Å²) in [5.74, 6) is -1.95. The van der Waals surface area contributed by atoms with Crippen LogP contribution < -0.4 is 21.2 Å². The molecule has 2 aromatic carbocycles. The van der Waals surface area contributed by atoms with Gasteiger partial charge in [0.15, 0.2) is 11.6 Å². The van der Waals surface area contributed by atoms with Crippen molar-refractivity contribution in [3.8, 4) is 5.75 Å². The van der Waals surface area contributed by atoms with Crippen LogP contribution in [0.3, 0.4) is 0 Å². The predicted octanol–water partition coefficient (Wildman–Crippen LogP) is 5.29. The van der Waals surface area contributed by atoms with E-state index in [1.165, 1.54) is 11.8 Å². The Morgan fingerprint density at radius 2 is 2.03 bits per heavy atom. The number of nitrogens with two attached hydrogens (primary N) is 1. The Bertz CT molecular complexity index is 1720. The van der Waals surface area contributed by atoms with Crippen LogP contribution in [0.5, 0.6) is 5.75 Å². The molecule has 1 fully saturated rings. The zero-order valence-electron chi connectivity index (χ0n) is 22.1. The molecule has 0 atom stereocenters. The highest BCUT2D eigenvalue weighted by atomic mass is 19.1. The number of halogens is 1. The number of carbonyl (C=O) groups is 1. The number of nitrogen functional groups attached to an aromatic ring is 1. The van der Waals surface area contributed by atoms with Crippen molar-refractivity contribution in [3.05, 3.63) is 68.9 Å². The van der Waals surface area contributed by atoms with Crippen molar-refractivity contribution in [3.63, 3.8) is 0 Å². The van der Waals surface area contributed by atoms with Gasteiger partial charge in [0.25, 0.3) is 0 Å². The number of nitrogens with zero attached hydrogens (tertiary/aromatic N) is 2. The highest BCUT2D eigenvalue weighted by molar-refractivity contribution is 6.03. The summed E-state index contributed by atoms with van der Waals surface area (Å²) in [6.07, 6.45) is 6.33. The molecule has 2 aromatic heterocycles. The lowest BCUT2D eigenvalue weighted by Gasteiger charge is -2.39. The quantitative estimate of drug-likeness (QED) is 0.229. The third-order valence-corrected chi connectivity index (χ3v) is 8.24. The number of benzene rings is 2. The Hall–Kier alpha value is -4.14. The second-order valence-corrected chi connectivity index (χ2v) is 10.9. The standard InChI is InChI=1S/C30H31FN4O4/c1-16-7-8-21-19(12-16)18(13-17(2)34-21)6-5-11-33-25-23(31)24(32)22-26-28(25)39-15-30(9-3-4-10-30)35(26)14-20(27(22)36)29(37)38/h7-8,12-14,33H,3-6,9-11,15,32H2,1-2H3,(H,37,38). The minimum Gasteiger partial charge on any atom is -0.487 e. The number of carboxylic acid groups (broad SMARTS) is 1. The SMILES string of the molecule is Cc1ccc2nc(C)cc(CCCNc3c(F)c(N)c4c(=O)c(C(=O)O)cn5c4c3OCC53CCCC3)c2c1. The van der Waals surface area contributed by atoms with E-state index in [0.29, 0.717) is 18.5 Å². The van der Waals surface area contributed by atoms with E-state index < -0.39 is 28.3 Å². The second kappa shape index (κ2) is 9.25. The molecule has 0 saturated heterocycles. The van der Waals surface area contributed by atoms with Gasteiger partial charge in [-0.3, -0.25) is 9.78 Å². The zero-order valence-corrected chi connectivity index (χ0v) is 22.1. The third-order valence-electron chi connectivity index (χ3n) is 8.24. The molecule has 6 rings (SSSR count). The molecular formula is C30H31FN4O4. The van der Waals surface area contributed by atoms with Crippen molar-refractivity contribution in [1.29, 1.82) is 0 Å². The summed E-state index contributed by atoms with van der Waals surface area (Å²) in [6.45, 7) is 4.74. The largest absolute Gasteiger partial charge is 0.487 e. The summed E-state index contributed by atoms with van der Waals surface area (Å²) < 4.78 is 23.7. The van der Waals surface area contributed by atoms with Gasteiger partial charge in [0.05, 0.1) is 27.6 Å². The molecule has 1 spiro atoms. The van der Waals surface area contributed by atoms with E-state index in [9.17, 15) is 14.7 Å². The number of carboxylic acids is 1. The van der Waals surface area contributed by atoms with Crippen molar-refractivity contribution in [1.82, 2.24) is 9.55 Å². The van der Waals surface area contributed by atoms with E-state index in [2.05, 4.69) is 29.4 Å². The number of aromatic carboxylic acids is 1. The van der Waals surface area contributed by atoms with Crippen molar-refractivity contribution in [2.24, 2.45) is 0 Å². The topological polar surface area (TPSA) is 119 Å². The molecule has 0 radical (unpaired) electrons. The first-order chi connectivity index (χ1) is 18.7. The maximum atomic E-state index is 15.7. The molecule has 8 nitrogen and oxygen atoms in total. The molecule has 4 aromatic rings. The van der Waals surface area contributed by atoms with Crippen LogP contribution in [0.2, 0.25) is 0 Å². The summed E-state index contributed by atoms with van der Waals surface area (Å²) in [7, 11) is 0. The number of fused-ring (bicyclic) bond motifs is 2. The van der Waals surface area contributed by atoms with E-state index in [4.69, 9.17) is 10.5 Å². The van der Waals surface area contributed by atoms with Gasteiger partial charge < -0.3 is 25.5 Å². The van der Waals surface area contributed by atoms with Gasteiger partial charge in [0.2, 0.25) is 5.43 Å². The molecule has 2 aliphatic rings. The molecular weight excluding hydrogens is 499 g/mol. The fourth-order valence-electron chi connectivity index (χ4n) is 6.33. The molecule has 39 heavy (non-hydrogen) atoms. The average Bonchev–Trinajstić information content (AvgIpc) is 3.37. The van der Waals surface area contributed by atoms with Crippen LogP contribution in [0.15, 0.2) is 35.3 Å². The Morgan fingerprint density at radius 3 is 2.77 bits per heavy atom. The van der Waals surface area contributed by atoms with Crippen molar-refractivity contribution in [2.75, 3.05) is 24.2 Å². The lowest BCUT2D eigenvalue weighted by Crippen LogP contribution is -2.42. The van der Waals surface area contributed by atoms with Crippen LogP contribution in [-0.2, 0) is 12.0 Å². The van der Waals surface area contributed by atoms with Gasteiger partial charge in [0.1, 0.15) is 17.9 Å². The van der Waals surface area contributed by atoms with Crippen LogP contribution in [0.4, 0.5) is 15.8 Å². The first-order valence-electron chi connectivity index (χ1n) is 13.4. The van der Waals surface area contributed by atoms with Gasteiger partial charge in [-0.15, -0.1) is 0 Å². The average molecular weight is 531 g/mol. The molecule has 1 aliphatic carbocycles. The number of hydrogen-bond acceptors (Lipinski definition) is 6. The molecule has 0 unspecified atom stereocenters. The number of nitrogens with one attached hydrogen (secondary N) is 1. The lowest BCUT2D eigenvalue weighted by atomic mass is 9.93. The molecule has 4 N–H and O–H groups in total. The normalized spacial score (nSPS) is 15.7. The molecule has 1 aliphatic heterocycles. The number of aromatic nitrogens is 2. The van der Waals surface area contributed by atoms with E-state index in [0.717, 1.165) is 54.3 Å². The highest BCUT2D eigenvalue weighted by Gasteiger charge is 2.43. The van der Waals surface area contributed by atoms with E-state index in [1.54, 1.807) is 0 Å². The minimum atomic E-state index is -1.36. The predicted molar refractivity (Wildman–Crippen MR) is 150 cm³/mol. The first-order valence-corrected chi connectivity index (χ1v) is 13.4. The van der Waals surface area contributed by atoms with Crippen LogP contribution in [0, 0.1) is 19.7 Å². The lowest BCUT2D eigenvalue weighted by molar-refractivity contribution is 0.0692. The fourth-order valence-corrected chi connectivity index (χ4v) is 6.33. The van der Waals surface area contributed by atoms with E-state index in [-0.39, 0.29) is 29.1 Å². The van der Waals surface area contributed by atoms with Gasteiger partial charge in [-0.1, -0.05) is 24.5 Å². The molecule has 202 valence electrons. The Labute approximate surface area is 224 Å². The van der Waals surface area contributed by atoms with Crippen molar-refractivity contribution in [2.45, 2.75) is 57.9 Å². The fraction of sp³-hybridized carbons (Fsp3) is 0.367. The van der Waals surface area contributed by atoms with Gasteiger partial charge in [0, 0.05) is 23.8 Å². The van der Waals surface area contributed by atoms with Gasteiger partial charge in [-0.2, -0.15) is 0 Å². The third kappa shape index (κ3) is 3.99. The second-order valence-electron chi connectivity index (χ2n) is 10.9. The Kier molecular flexibility index (Phi) is 5.97. The van der Waals surface area contributed by atoms with E-state index in [1.807, 2.05) is 23.6 Å². The monoisotopic (exact) mass is 530 g/mol. The summed E-state index contributed by atoms with van der Waals surface area (Å²) >= 11 is 0. The number of aryl methyl sites for hydroxylation is 3. The molecule has 1 saturated carbocycles.